The van der Waals surface area contributed by atoms with Gasteiger partial charge < -0.3 is 5.32 Å². The molecule has 10 heteroatoms. The number of anilines is 1. The first-order chi connectivity index (χ1) is 13.5. The molecule has 0 aliphatic rings. The van der Waals surface area contributed by atoms with E-state index in [4.69, 9.17) is 0 Å². The van der Waals surface area contributed by atoms with Crippen LogP contribution in [-0.4, -0.2) is 31.7 Å². The van der Waals surface area contributed by atoms with Crippen LogP contribution >= 0.6 is 23.1 Å². The minimum atomic E-state index is -0.567. The molecule has 0 unspecified atom stereocenters. The molecular formula is C18H15N5O3S2. The maximum atomic E-state index is 12.6. The maximum absolute atomic E-state index is 12.6. The molecule has 1 amide bonds. The number of nitrogens with one attached hydrogen (secondary N) is 2. The SMILES string of the molecule is CCn1c(=O)[nH]c(=O)c2cc(C(=O)Nc3ccc4nc(SC)sc4c3)cnc21. The van der Waals surface area contributed by atoms with Crippen molar-refractivity contribution in [3.05, 3.63) is 56.9 Å². The molecule has 142 valence electrons. The summed E-state index contributed by atoms with van der Waals surface area (Å²) in [6, 6.07) is 6.93. The lowest BCUT2D eigenvalue weighted by Crippen LogP contribution is -2.30. The summed E-state index contributed by atoms with van der Waals surface area (Å²) in [6.45, 7) is 2.14. The predicted molar refractivity (Wildman–Crippen MR) is 112 cm³/mol. The summed E-state index contributed by atoms with van der Waals surface area (Å²) in [5.74, 6) is -0.392. The Kier molecular flexibility index (Phi) is 4.73. The Hall–Kier alpha value is -2.98. The normalized spacial score (nSPS) is 11.2. The van der Waals surface area contributed by atoms with Crippen LogP contribution in [0.5, 0.6) is 0 Å². The number of carbonyl (C=O) groups excluding carboxylic acids is 1. The van der Waals surface area contributed by atoms with Crippen molar-refractivity contribution < 1.29 is 4.79 Å². The lowest BCUT2D eigenvalue weighted by Gasteiger charge is -2.08. The van der Waals surface area contributed by atoms with Crippen molar-refractivity contribution in [2.45, 2.75) is 17.8 Å². The number of amides is 1. The van der Waals surface area contributed by atoms with Crippen LogP contribution in [0.25, 0.3) is 21.3 Å². The first-order valence-corrected chi connectivity index (χ1v) is 10.4. The number of pyridine rings is 1. The molecule has 0 aliphatic carbocycles. The number of thioether (sulfide) groups is 1. The van der Waals surface area contributed by atoms with E-state index in [0.29, 0.717) is 12.2 Å². The number of nitrogens with zero attached hydrogens (tertiary/aromatic N) is 3. The molecule has 0 aliphatic heterocycles. The van der Waals surface area contributed by atoms with E-state index in [1.807, 2.05) is 18.4 Å². The third-order valence-electron chi connectivity index (χ3n) is 4.21. The van der Waals surface area contributed by atoms with E-state index in [9.17, 15) is 14.4 Å². The number of benzene rings is 1. The highest BCUT2D eigenvalue weighted by atomic mass is 32.2. The Morgan fingerprint density at radius 2 is 2.14 bits per heavy atom. The van der Waals surface area contributed by atoms with E-state index in [2.05, 4.69) is 20.3 Å². The molecule has 0 atom stereocenters. The summed E-state index contributed by atoms with van der Waals surface area (Å²) in [4.78, 5) is 47.5. The van der Waals surface area contributed by atoms with Gasteiger partial charge >= 0.3 is 5.69 Å². The molecule has 1 aromatic carbocycles. The number of H-pyrrole nitrogens is 1. The van der Waals surface area contributed by atoms with Crippen molar-refractivity contribution in [2.24, 2.45) is 0 Å². The minimum absolute atomic E-state index is 0.191. The van der Waals surface area contributed by atoms with Crippen LogP contribution in [0.2, 0.25) is 0 Å². The fourth-order valence-corrected chi connectivity index (χ4v) is 4.39. The topological polar surface area (TPSA) is 110 Å². The van der Waals surface area contributed by atoms with Crippen LogP contribution in [0.15, 0.2) is 44.4 Å². The van der Waals surface area contributed by atoms with Gasteiger partial charge in [0.25, 0.3) is 11.5 Å². The molecule has 4 rings (SSSR count). The summed E-state index contributed by atoms with van der Waals surface area (Å²) in [7, 11) is 0. The number of aryl methyl sites for hydroxylation is 1. The van der Waals surface area contributed by atoms with Gasteiger partial charge in [-0.3, -0.25) is 19.1 Å². The van der Waals surface area contributed by atoms with Crippen molar-refractivity contribution in [3.8, 4) is 0 Å². The second kappa shape index (κ2) is 7.21. The maximum Gasteiger partial charge on any atom is 0.329 e. The largest absolute Gasteiger partial charge is 0.329 e. The zero-order valence-electron chi connectivity index (χ0n) is 15.0. The number of hydrogen-bond donors (Lipinski definition) is 2. The highest BCUT2D eigenvalue weighted by Gasteiger charge is 2.13. The van der Waals surface area contributed by atoms with Gasteiger partial charge in [-0.15, -0.1) is 11.3 Å². The quantitative estimate of drug-likeness (QED) is 0.498. The fourth-order valence-electron chi connectivity index (χ4n) is 2.86. The molecular weight excluding hydrogens is 398 g/mol. The van der Waals surface area contributed by atoms with Crippen molar-refractivity contribution in [1.82, 2.24) is 19.5 Å². The Balaban J connectivity index is 1.69. The number of fused-ring (bicyclic) bond motifs is 2. The van der Waals surface area contributed by atoms with E-state index in [1.54, 1.807) is 36.1 Å². The smallest absolute Gasteiger partial charge is 0.322 e. The second-order valence-corrected chi connectivity index (χ2v) is 8.00. The summed E-state index contributed by atoms with van der Waals surface area (Å²) < 4.78 is 3.28. The highest BCUT2D eigenvalue weighted by molar-refractivity contribution is 8.00. The van der Waals surface area contributed by atoms with E-state index < -0.39 is 17.2 Å². The summed E-state index contributed by atoms with van der Waals surface area (Å²) in [5, 5.41) is 3.01. The Morgan fingerprint density at radius 1 is 1.32 bits per heavy atom. The van der Waals surface area contributed by atoms with Gasteiger partial charge in [-0.2, -0.15) is 0 Å². The van der Waals surface area contributed by atoms with Crippen LogP contribution in [-0.2, 0) is 6.54 Å². The molecule has 4 aromatic rings. The van der Waals surface area contributed by atoms with Gasteiger partial charge in [-0.1, -0.05) is 11.8 Å². The zero-order valence-corrected chi connectivity index (χ0v) is 16.6. The van der Waals surface area contributed by atoms with Crippen LogP contribution in [0.3, 0.4) is 0 Å². The zero-order chi connectivity index (χ0) is 19.8. The molecule has 0 fully saturated rings. The third-order valence-corrected chi connectivity index (χ3v) is 6.22. The van der Waals surface area contributed by atoms with E-state index >= 15 is 0 Å². The van der Waals surface area contributed by atoms with Gasteiger partial charge in [-0.05, 0) is 37.4 Å². The first kappa shape index (κ1) is 18.4. The average molecular weight is 413 g/mol. The third kappa shape index (κ3) is 3.20. The Morgan fingerprint density at radius 3 is 2.89 bits per heavy atom. The molecule has 0 spiro atoms. The van der Waals surface area contributed by atoms with Gasteiger partial charge in [-0.25, -0.2) is 14.8 Å². The monoisotopic (exact) mass is 413 g/mol. The summed E-state index contributed by atoms with van der Waals surface area (Å²) in [5.41, 5.74) is 0.900. The summed E-state index contributed by atoms with van der Waals surface area (Å²) in [6.07, 6.45) is 3.33. The van der Waals surface area contributed by atoms with Crippen LogP contribution < -0.4 is 16.6 Å². The standard InChI is InChI=1S/C18H15N5O3S2/c1-3-23-14-11(16(25)22-17(23)26)6-9(8-19-14)15(24)20-10-4-5-12-13(7-10)28-18(21-12)27-2/h4-8H,3H2,1-2H3,(H,20,24)(H,22,25,26). The molecule has 0 saturated carbocycles. The molecule has 3 aromatic heterocycles. The fraction of sp³-hybridized carbons (Fsp3) is 0.167. The molecule has 2 N–H and O–H groups in total. The molecule has 28 heavy (non-hydrogen) atoms. The van der Waals surface area contributed by atoms with E-state index in [0.717, 1.165) is 14.6 Å². The van der Waals surface area contributed by atoms with E-state index in [1.165, 1.54) is 16.8 Å². The van der Waals surface area contributed by atoms with Gasteiger partial charge in [0.15, 0.2) is 4.34 Å². The predicted octanol–water partition coefficient (Wildman–Crippen LogP) is 2.69. The average Bonchev–Trinajstić information content (AvgIpc) is 3.10. The minimum Gasteiger partial charge on any atom is -0.322 e. The van der Waals surface area contributed by atoms with Gasteiger partial charge in [0.2, 0.25) is 0 Å². The van der Waals surface area contributed by atoms with Crippen molar-refractivity contribution in [3.63, 3.8) is 0 Å². The Labute approximate surface area is 166 Å². The van der Waals surface area contributed by atoms with Crippen molar-refractivity contribution >= 4 is 55.9 Å². The van der Waals surface area contributed by atoms with Crippen molar-refractivity contribution in [1.29, 1.82) is 0 Å². The van der Waals surface area contributed by atoms with Gasteiger partial charge in [0, 0.05) is 18.4 Å². The lowest BCUT2D eigenvalue weighted by atomic mass is 10.2. The second-order valence-electron chi connectivity index (χ2n) is 5.92. The molecule has 8 nitrogen and oxygen atoms in total. The molecule has 0 saturated heterocycles. The van der Waals surface area contributed by atoms with Crippen LogP contribution in [0.4, 0.5) is 5.69 Å². The first-order valence-electron chi connectivity index (χ1n) is 8.39. The number of thiazole rings is 1. The Bertz CT molecular complexity index is 1340. The van der Waals surface area contributed by atoms with E-state index in [-0.39, 0.29) is 16.6 Å². The number of carbonyl (C=O) groups is 1. The molecule has 3 heterocycles. The lowest BCUT2D eigenvalue weighted by molar-refractivity contribution is 0.102. The summed E-state index contributed by atoms with van der Waals surface area (Å²) >= 11 is 3.13. The van der Waals surface area contributed by atoms with Crippen molar-refractivity contribution in [2.75, 3.05) is 11.6 Å². The van der Waals surface area contributed by atoms with Gasteiger partial charge in [0.05, 0.1) is 21.2 Å². The number of hydrogen-bond acceptors (Lipinski definition) is 7. The van der Waals surface area contributed by atoms with Gasteiger partial charge in [0.1, 0.15) is 5.65 Å². The number of aromatic nitrogens is 4. The van der Waals surface area contributed by atoms with Crippen LogP contribution in [0.1, 0.15) is 17.3 Å². The molecule has 0 radical (unpaired) electrons. The molecule has 0 bridgehead atoms. The number of aromatic amines is 1. The highest BCUT2D eigenvalue weighted by Crippen LogP contribution is 2.30. The number of rotatable bonds is 4. The van der Waals surface area contributed by atoms with Crippen LogP contribution in [0, 0.1) is 0 Å².